The number of carbonyl (C=O) groups excluding carboxylic acids is 2. The first kappa shape index (κ1) is 18.6. The van der Waals surface area contributed by atoms with E-state index in [1.165, 1.54) is 7.05 Å². The Balaban J connectivity index is 1.64. The van der Waals surface area contributed by atoms with E-state index in [2.05, 4.69) is 20.3 Å². The maximum Gasteiger partial charge on any atom is 0.251 e. The van der Waals surface area contributed by atoms with Gasteiger partial charge in [-0.1, -0.05) is 0 Å². The lowest BCUT2D eigenvalue weighted by molar-refractivity contribution is -0.129. The van der Waals surface area contributed by atoms with Crippen LogP contribution in [0.15, 0.2) is 42.9 Å². The maximum absolute atomic E-state index is 12.5. The molecule has 2 amide bonds. The highest BCUT2D eigenvalue weighted by Crippen LogP contribution is 2.31. The third-order valence-corrected chi connectivity index (χ3v) is 4.82. The predicted octanol–water partition coefficient (Wildman–Crippen LogP) is 1.57. The van der Waals surface area contributed by atoms with Crippen LogP contribution in [-0.4, -0.2) is 49.9 Å². The Morgan fingerprint density at radius 3 is 2.79 bits per heavy atom. The molecule has 29 heavy (non-hydrogen) atoms. The standard InChI is InChI=1S/C20H21N7O2/c1-26-11-14(15-10-16-19(25-15)23-8-7-22-16)13-9-12(3-4-17(13)26)20(29)24-6-5-18(28)27(2)21/h3-4,7-11H,5-6,21H2,1-2H3,(H,23,25)(H,24,29). The van der Waals surface area contributed by atoms with Crippen molar-refractivity contribution >= 4 is 33.9 Å². The highest BCUT2D eigenvalue weighted by molar-refractivity contribution is 6.03. The van der Waals surface area contributed by atoms with Crippen LogP contribution in [0.1, 0.15) is 16.8 Å². The summed E-state index contributed by atoms with van der Waals surface area (Å²) in [5.74, 6) is 4.90. The Labute approximate surface area is 166 Å². The summed E-state index contributed by atoms with van der Waals surface area (Å²) in [7, 11) is 3.43. The number of aromatic nitrogens is 4. The molecule has 0 radical (unpaired) electrons. The van der Waals surface area contributed by atoms with Gasteiger partial charge in [-0.3, -0.25) is 19.6 Å². The zero-order chi connectivity index (χ0) is 20.5. The Bertz CT molecular complexity index is 1190. The van der Waals surface area contributed by atoms with E-state index in [1.807, 2.05) is 36.0 Å². The quantitative estimate of drug-likeness (QED) is 0.271. The zero-order valence-electron chi connectivity index (χ0n) is 16.1. The van der Waals surface area contributed by atoms with Crippen LogP contribution in [0.2, 0.25) is 0 Å². The number of fused-ring (bicyclic) bond motifs is 2. The molecule has 0 unspecified atom stereocenters. The normalized spacial score (nSPS) is 11.1. The molecule has 0 atom stereocenters. The first-order valence-corrected chi connectivity index (χ1v) is 9.12. The molecule has 0 fully saturated rings. The highest BCUT2D eigenvalue weighted by atomic mass is 16.2. The number of amides is 2. The number of H-pyrrole nitrogens is 1. The summed E-state index contributed by atoms with van der Waals surface area (Å²) in [4.78, 5) is 36.0. The first-order chi connectivity index (χ1) is 13.9. The summed E-state index contributed by atoms with van der Waals surface area (Å²) in [6, 6.07) is 7.47. The minimum absolute atomic E-state index is 0.145. The molecule has 0 saturated carbocycles. The Morgan fingerprint density at radius 1 is 1.24 bits per heavy atom. The molecular weight excluding hydrogens is 370 g/mol. The number of hydrogen-bond donors (Lipinski definition) is 3. The Kier molecular flexibility index (Phi) is 4.73. The molecule has 9 heteroatoms. The van der Waals surface area contributed by atoms with Crippen LogP contribution >= 0.6 is 0 Å². The molecule has 3 heterocycles. The van der Waals surface area contributed by atoms with Gasteiger partial charge in [0.05, 0.1) is 5.69 Å². The molecule has 4 aromatic rings. The van der Waals surface area contributed by atoms with E-state index in [9.17, 15) is 9.59 Å². The summed E-state index contributed by atoms with van der Waals surface area (Å²) in [5, 5.41) is 4.71. The van der Waals surface area contributed by atoms with Gasteiger partial charge in [-0.25, -0.2) is 10.8 Å². The van der Waals surface area contributed by atoms with Gasteiger partial charge in [0.2, 0.25) is 5.91 Å². The molecular formula is C20H21N7O2. The summed E-state index contributed by atoms with van der Waals surface area (Å²) < 4.78 is 2.01. The van der Waals surface area contributed by atoms with E-state index in [1.54, 1.807) is 18.5 Å². The average molecular weight is 391 g/mol. The third-order valence-electron chi connectivity index (χ3n) is 4.82. The second-order valence-corrected chi connectivity index (χ2v) is 6.87. The van der Waals surface area contributed by atoms with Gasteiger partial charge in [0.25, 0.3) is 5.91 Å². The van der Waals surface area contributed by atoms with Crippen molar-refractivity contribution in [2.75, 3.05) is 13.6 Å². The monoisotopic (exact) mass is 391 g/mol. The second kappa shape index (κ2) is 7.36. The van der Waals surface area contributed by atoms with Gasteiger partial charge in [0.1, 0.15) is 5.52 Å². The van der Waals surface area contributed by atoms with Crippen molar-refractivity contribution in [3.05, 3.63) is 48.4 Å². The number of benzene rings is 1. The lowest BCUT2D eigenvalue weighted by atomic mass is 10.1. The molecule has 0 bridgehead atoms. The van der Waals surface area contributed by atoms with Gasteiger partial charge in [0, 0.05) is 67.7 Å². The Morgan fingerprint density at radius 2 is 2.03 bits per heavy atom. The van der Waals surface area contributed by atoms with E-state index in [0.717, 1.165) is 32.7 Å². The molecule has 9 nitrogen and oxygen atoms in total. The largest absolute Gasteiger partial charge is 0.352 e. The average Bonchev–Trinajstić information content (AvgIpc) is 3.28. The lowest BCUT2D eigenvalue weighted by Crippen LogP contribution is -2.36. The number of nitrogens with one attached hydrogen (secondary N) is 2. The van der Waals surface area contributed by atoms with Crippen molar-refractivity contribution < 1.29 is 9.59 Å². The number of nitrogens with two attached hydrogens (primary N) is 1. The van der Waals surface area contributed by atoms with E-state index >= 15 is 0 Å². The van der Waals surface area contributed by atoms with E-state index in [4.69, 9.17) is 5.84 Å². The summed E-state index contributed by atoms with van der Waals surface area (Å²) in [6.45, 7) is 0.220. The van der Waals surface area contributed by atoms with E-state index < -0.39 is 0 Å². The summed E-state index contributed by atoms with van der Waals surface area (Å²) >= 11 is 0. The summed E-state index contributed by atoms with van der Waals surface area (Å²) in [6.07, 6.45) is 5.44. The molecule has 148 valence electrons. The SMILES string of the molecule is CN(N)C(=O)CCNC(=O)c1ccc2c(c1)c(-c1cc3nccnc3[nH]1)cn2C. The topological polar surface area (TPSA) is 122 Å². The van der Waals surface area contributed by atoms with Crippen LogP contribution in [0, 0.1) is 0 Å². The van der Waals surface area contributed by atoms with Gasteiger partial charge in [0.15, 0.2) is 5.65 Å². The minimum Gasteiger partial charge on any atom is -0.352 e. The fourth-order valence-corrected chi connectivity index (χ4v) is 3.31. The summed E-state index contributed by atoms with van der Waals surface area (Å²) in [5.41, 5.74) is 4.84. The molecule has 1 aromatic carbocycles. The molecule has 0 aliphatic rings. The predicted molar refractivity (Wildman–Crippen MR) is 110 cm³/mol. The number of hydrazine groups is 1. The van der Waals surface area contributed by atoms with Crippen LogP contribution in [0.4, 0.5) is 0 Å². The van der Waals surface area contributed by atoms with Crippen molar-refractivity contribution in [2.45, 2.75) is 6.42 Å². The zero-order valence-corrected chi connectivity index (χ0v) is 16.1. The first-order valence-electron chi connectivity index (χ1n) is 9.12. The Hall–Kier alpha value is -3.72. The number of rotatable bonds is 5. The molecule has 0 aliphatic carbocycles. The molecule has 4 rings (SSSR count). The fraction of sp³-hybridized carbons (Fsp3) is 0.200. The lowest BCUT2D eigenvalue weighted by Gasteiger charge is -2.10. The van der Waals surface area contributed by atoms with Crippen molar-refractivity contribution in [3.8, 4) is 11.3 Å². The van der Waals surface area contributed by atoms with Crippen LogP contribution in [0.5, 0.6) is 0 Å². The number of carbonyl (C=O) groups is 2. The van der Waals surface area contributed by atoms with Crippen LogP contribution in [0.25, 0.3) is 33.3 Å². The van der Waals surface area contributed by atoms with Crippen molar-refractivity contribution in [1.82, 2.24) is 29.8 Å². The molecule has 0 aliphatic heterocycles. The number of aryl methyl sites for hydroxylation is 1. The minimum atomic E-state index is -0.243. The van der Waals surface area contributed by atoms with Crippen LogP contribution in [-0.2, 0) is 11.8 Å². The van der Waals surface area contributed by atoms with Gasteiger partial charge in [-0.15, -0.1) is 0 Å². The van der Waals surface area contributed by atoms with Crippen LogP contribution < -0.4 is 11.2 Å². The van der Waals surface area contributed by atoms with Crippen molar-refractivity contribution in [3.63, 3.8) is 0 Å². The van der Waals surface area contributed by atoms with Gasteiger partial charge >= 0.3 is 0 Å². The van der Waals surface area contributed by atoms with Crippen molar-refractivity contribution in [1.29, 1.82) is 0 Å². The van der Waals surface area contributed by atoms with Gasteiger partial charge in [-0.05, 0) is 24.3 Å². The number of hydrogen-bond acceptors (Lipinski definition) is 5. The second-order valence-electron chi connectivity index (χ2n) is 6.87. The van der Waals surface area contributed by atoms with Gasteiger partial charge in [-0.2, -0.15) is 0 Å². The van der Waals surface area contributed by atoms with Crippen molar-refractivity contribution in [2.24, 2.45) is 12.9 Å². The van der Waals surface area contributed by atoms with E-state index in [0.29, 0.717) is 11.2 Å². The molecule has 0 saturated heterocycles. The van der Waals surface area contributed by atoms with Gasteiger partial charge < -0.3 is 14.9 Å². The molecule has 3 aromatic heterocycles. The smallest absolute Gasteiger partial charge is 0.251 e. The fourth-order valence-electron chi connectivity index (χ4n) is 3.31. The molecule has 0 spiro atoms. The number of aromatic amines is 1. The third kappa shape index (κ3) is 3.55. The van der Waals surface area contributed by atoms with E-state index in [-0.39, 0.29) is 24.8 Å². The highest BCUT2D eigenvalue weighted by Gasteiger charge is 2.15. The maximum atomic E-state index is 12.5. The van der Waals surface area contributed by atoms with Crippen LogP contribution in [0.3, 0.4) is 0 Å². The molecule has 4 N–H and O–H groups in total. The number of nitrogens with zero attached hydrogens (tertiary/aromatic N) is 4.